The summed E-state index contributed by atoms with van der Waals surface area (Å²) in [4.78, 5) is 14.1. The van der Waals surface area contributed by atoms with Crippen LogP contribution < -0.4 is 0 Å². The molecule has 6 nitrogen and oxygen atoms in total. The monoisotopic (exact) mass is 350 g/mol. The standard InChI is InChI=1S/C17H23ClN4O2/c1-11-9-22(15-13(11)8-14(18)19-20-15)12-6-5-7-21(10-12)16(23)24-17(2,3)4/h8-9,12H,5-7,10H2,1-4H3/t12-/m1/s1. The fourth-order valence-corrected chi connectivity index (χ4v) is 3.28. The third-order valence-electron chi connectivity index (χ3n) is 4.19. The van der Waals surface area contributed by atoms with E-state index in [4.69, 9.17) is 16.3 Å². The van der Waals surface area contributed by atoms with Gasteiger partial charge in [-0.1, -0.05) is 11.6 Å². The van der Waals surface area contributed by atoms with E-state index in [9.17, 15) is 4.79 Å². The van der Waals surface area contributed by atoms with Crippen LogP contribution >= 0.6 is 11.6 Å². The number of piperidine rings is 1. The SMILES string of the molecule is Cc1cn([C@@H]2CCCN(C(=O)OC(C)(C)C)C2)c2nnc(Cl)cc12. The second kappa shape index (κ2) is 6.24. The van der Waals surface area contributed by atoms with Crippen LogP contribution in [0.2, 0.25) is 5.15 Å². The molecule has 2 aromatic heterocycles. The molecular weight excluding hydrogens is 328 g/mol. The number of carbonyl (C=O) groups is 1. The molecule has 0 spiro atoms. The molecular formula is C17H23ClN4O2. The van der Waals surface area contributed by atoms with Crippen LogP contribution in [-0.4, -0.2) is 44.4 Å². The van der Waals surface area contributed by atoms with Gasteiger partial charge in [-0.2, -0.15) is 0 Å². The molecule has 1 saturated heterocycles. The van der Waals surface area contributed by atoms with Crippen molar-refractivity contribution in [1.82, 2.24) is 19.7 Å². The number of ether oxygens (including phenoxy) is 1. The highest BCUT2D eigenvalue weighted by molar-refractivity contribution is 6.29. The van der Waals surface area contributed by atoms with Gasteiger partial charge in [-0.15, -0.1) is 10.2 Å². The zero-order valence-corrected chi connectivity index (χ0v) is 15.3. The third kappa shape index (κ3) is 3.48. The Morgan fingerprint density at radius 1 is 1.38 bits per heavy atom. The Kier molecular flexibility index (Phi) is 4.42. The van der Waals surface area contributed by atoms with Gasteiger partial charge in [0.2, 0.25) is 0 Å². The Bertz CT molecular complexity index is 766. The maximum Gasteiger partial charge on any atom is 0.410 e. The number of nitrogens with zero attached hydrogens (tertiary/aromatic N) is 4. The van der Waals surface area contributed by atoms with E-state index in [1.807, 2.05) is 33.8 Å². The molecule has 1 aliphatic heterocycles. The number of rotatable bonds is 1. The first kappa shape index (κ1) is 17.0. The summed E-state index contributed by atoms with van der Waals surface area (Å²) in [6, 6.07) is 2.00. The second-order valence-electron chi connectivity index (χ2n) is 7.35. The highest BCUT2D eigenvalue weighted by Crippen LogP contribution is 2.29. The quantitative estimate of drug-likeness (QED) is 0.780. The van der Waals surface area contributed by atoms with E-state index in [0.717, 1.165) is 36.0 Å². The lowest BCUT2D eigenvalue weighted by atomic mass is 10.1. The normalized spacial score (nSPS) is 18.9. The van der Waals surface area contributed by atoms with Gasteiger partial charge in [0.15, 0.2) is 10.8 Å². The molecule has 3 heterocycles. The van der Waals surface area contributed by atoms with Gasteiger partial charge in [0.05, 0.1) is 6.04 Å². The molecule has 0 aromatic carbocycles. The molecule has 0 N–H and O–H groups in total. The Labute approximate surface area is 146 Å². The van der Waals surface area contributed by atoms with Crippen molar-refractivity contribution in [3.63, 3.8) is 0 Å². The Morgan fingerprint density at radius 2 is 2.12 bits per heavy atom. The van der Waals surface area contributed by atoms with Gasteiger partial charge in [0.25, 0.3) is 0 Å². The maximum absolute atomic E-state index is 12.4. The van der Waals surface area contributed by atoms with Crippen LogP contribution in [0.5, 0.6) is 0 Å². The molecule has 0 unspecified atom stereocenters. The molecule has 1 fully saturated rings. The van der Waals surface area contributed by atoms with Crippen LogP contribution in [0, 0.1) is 6.92 Å². The minimum atomic E-state index is -0.483. The summed E-state index contributed by atoms with van der Waals surface area (Å²) in [6.45, 7) is 9.02. The van der Waals surface area contributed by atoms with Crippen molar-refractivity contribution in [2.75, 3.05) is 13.1 Å². The van der Waals surface area contributed by atoms with Gasteiger partial charge in [-0.25, -0.2) is 4.79 Å². The molecule has 130 valence electrons. The fraction of sp³-hybridized carbons (Fsp3) is 0.588. The topological polar surface area (TPSA) is 60.2 Å². The number of amides is 1. The van der Waals surface area contributed by atoms with E-state index in [-0.39, 0.29) is 12.1 Å². The number of aryl methyl sites for hydroxylation is 1. The molecule has 2 aromatic rings. The van der Waals surface area contributed by atoms with Crippen molar-refractivity contribution in [3.05, 3.63) is 23.0 Å². The Balaban J connectivity index is 1.84. The Hall–Kier alpha value is -1.82. The number of fused-ring (bicyclic) bond motifs is 1. The zero-order valence-electron chi connectivity index (χ0n) is 14.5. The van der Waals surface area contributed by atoms with Crippen molar-refractivity contribution < 1.29 is 9.53 Å². The Morgan fingerprint density at radius 3 is 2.83 bits per heavy atom. The molecule has 7 heteroatoms. The number of halogens is 1. The van der Waals surface area contributed by atoms with Gasteiger partial charge < -0.3 is 14.2 Å². The van der Waals surface area contributed by atoms with E-state index in [0.29, 0.717) is 11.7 Å². The van der Waals surface area contributed by atoms with E-state index in [1.54, 1.807) is 4.90 Å². The summed E-state index contributed by atoms with van der Waals surface area (Å²) in [5.74, 6) is 0. The predicted octanol–water partition coefficient (Wildman–Crippen LogP) is 3.97. The largest absolute Gasteiger partial charge is 0.444 e. The van der Waals surface area contributed by atoms with Crippen LogP contribution in [0.25, 0.3) is 11.0 Å². The number of aromatic nitrogens is 3. The van der Waals surface area contributed by atoms with E-state index >= 15 is 0 Å². The average molecular weight is 351 g/mol. The molecule has 24 heavy (non-hydrogen) atoms. The van der Waals surface area contributed by atoms with Crippen molar-refractivity contribution >= 4 is 28.7 Å². The van der Waals surface area contributed by atoms with Crippen LogP contribution in [0.1, 0.15) is 45.2 Å². The average Bonchev–Trinajstić information content (AvgIpc) is 2.82. The van der Waals surface area contributed by atoms with Crippen LogP contribution in [0.3, 0.4) is 0 Å². The van der Waals surface area contributed by atoms with Crippen molar-refractivity contribution in [3.8, 4) is 0 Å². The summed E-state index contributed by atoms with van der Waals surface area (Å²) in [7, 11) is 0. The first-order valence-corrected chi connectivity index (χ1v) is 8.61. The molecule has 0 bridgehead atoms. The molecule has 0 aliphatic carbocycles. The first-order chi connectivity index (χ1) is 11.2. The first-order valence-electron chi connectivity index (χ1n) is 8.23. The molecule has 1 aliphatic rings. The lowest BCUT2D eigenvalue weighted by Gasteiger charge is -2.34. The van der Waals surface area contributed by atoms with Gasteiger partial charge in [0, 0.05) is 24.7 Å². The molecule has 1 amide bonds. The maximum atomic E-state index is 12.4. The van der Waals surface area contributed by atoms with Crippen molar-refractivity contribution in [2.45, 2.75) is 52.2 Å². The summed E-state index contributed by atoms with van der Waals surface area (Å²) in [6.07, 6.45) is 3.74. The number of hydrogen-bond acceptors (Lipinski definition) is 4. The van der Waals surface area contributed by atoms with Gasteiger partial charge in [-0.3, -0.25) is 0 Å². The highest BCUT2D eigenvalue weighted by atomic mass is 35.5. The lowest BCUT2D eigenvalue weighted by molar-refractivity contribution is 0.0174. The fourth-order valence-electron chi connectivity index (χ4n) is 3.13. The zero-order chi connectivity index (χ0) is 17.5. The molecule has 0 saturated carbocycles. The number of carbonyl (C=O) groups excluding carboxylic acids is 1. The smallest absolute Gasteiger partial charge is 0.410 e. The van der Waals surface area contributed by atoms with E-state index in [1.165, 1.54) is 0 Å². The van der Waals surface area contributed by atoms with Crippen LogP contribution in [-0.2, 0) is 4.74 Å². The summed E-state index contributed by atoms with van der Waals surface area (Å²) >= 11 is 5.96. The molecule has 1 atom stereocenters. The van der Waals surface area contributed by atoms with E-state index < -0.39 is 5.60 Å². The minimum absolute atomic E-state index is 0.165. The van der Waals surface area contributed by atoms with Gasteiger partial charge in [-0.05, 0) is 52.2 Å². The highest BCUT2D eigenvalue weighted by Gasteiger charge is 2.29. The van der Waals surface area contributed by atoms with Gasteiger partial charge in [0.1, 0.15) is 5.60 Å². The second-order valence-corrected chi connectivity index (χ2v) is 7.73. The van der Waals surface area contributed by atoms with Crippen molar-refractivity contribution in [2.24, 2.45) is 0 Å². The third-order valence-corrected chi connectivity index (χ3v) is 4.37. The van der Waals surface area contributed by atoms with E-state index in [2.05, 4.69) is 21.0 Å². The van der Waals surface area contributed by atoms with Crippen LogP contribution in [0.4, 0.5) is 4.79 Å². The summed E-state index contributed by atoms with van der Waals surface area (Å²) in [5.41, 5.74) is 1.44. The summed E-state index contributed by atoms with van der Waals surface area (Å²) in [5, 5.41) is 9.62. The predicted molar refractivity (Wildman–Crippen MR) is 93.4 cm³/mol. The lowest BCUT2D eigenvalue weighted by Crippen LogP contribution is -2.43. The molecule has 0 radical (unpaired) electrons. The number of likely N-dealkylation sites (tertiary alicyclic amines) is 1. The van der Waals surface area contributed by atoms with Crippen LogP contribution in [0.15, 0.2) is 12.3 Å². The number of hydrogen-bond donors (Lipinski definition) is 0. The molecule has 3 rings (SSSR count). The minimum Gasteiger partial charge on any atom is -0.444 e. The van der Waals surface area contributed by atoms with Crippen molar-refractivity contribution in [1.29, 1.82) is 0 Å². The summed E-state index contributed by atoms with van der Waals surface area (Å²) < 4.78 is 7.62. The van der Waals surface area contributed by atoms with Gasteiger partial charge >= 0.3 is 6.09 Å².